The molecule has 0 bridgehead atoms. The molecule has 1 fully saturated rings. The Labute approximate surface area is 142 Å². The van der Waals surface area contributed by atoms with Crippen molar-refractivity contribution in [3.05, 3.63) is 18.2 Å². The fourth-order valence-electron chi connectivity index (χ4n) is 2.35. The first-order chi connectivity index (χ1) is 10.9. The summed E-state index contributed by atoms with van der Waals surface area (Å²) in [7, 11) is 1.64. The van der Waals surface area contributed by atoms with Crippen molar-refractivity contribution < 1.29 is 14.3 Å². The molecule has 0 radical (unpaired) electrons. The van der Waals surface area contributed by atoms with Gasteiger partial charge < -0.3 is 14.8 Å². The summed E-state index contributed by atoms with van der Waals surface area (Å²) in [4.78, 5) is 12.0. The zero-order valence-corrected chi connectivity index (χ0v) is 15.1. The number of ether oxygens (including phenoxy) is 2. The number of carbonyl (C=O) groups is 1. The minimum Gasteiger partial charge on any atom is -0.497 e. The first kappa shape index (κ1) is 17.8. The van der Waals surface area contributed by atoms with E-state index in [1.54, 1.807) is 7.11 Å². The number of rotatable bonds is 4. The van der Waals surface area contributed by atoms with E-state index in [1.165, 1.54) is 0 Å². The highest BCUT2D eigenvalue weighted by atomic mass is 32.2. The molecule has 128 valence electrons. The van der Waals surface area contributed by atoms with Crippen LogP contribution in [-0.4, -0.2) is 36.4 Å². The fraction of sp³-hybridized carbons (Fsp3) is 0.588. The summed E-state index contributed by atoms with van der Waals surface area (Å²) < 4.78 is 10.6. The minimum absolute atomic E-state index is 0.419. The Kier molecular flexibility index (Phi) is 6.04. The van der Waals surface area contributed by atoms with Crippen molar-refractivity contribution in [2.75, 3.05) is 29.2 Å². The topological polar surface area (TPSA) is 59.6 Å². The molecule has 2 N–H and O–H groups in total. The van der Waals surface area contributed by atoms with Gasteiger partial charge in [0.1, 0.15) is 11.4 Å². The van der Waals surface area contributed by atoms with Crippen LogP contribution in [0.3, 0.4) is 0 Å². The van der Waals surface area contributed by atoms with Crippen LogP contribution in [0.5, 0.6) is 5.75 Å². The third kappa shape index (κ3) is 5.86. The maximum atomic E-state index is 12.0. The summed E-state index contributed by atoms with van der Waals surface area (Å²) in [5.74, 6) is 3.08. The number of amides is 1. The molecule has 1 aromatic rings. The molecule has 23 heavy (non-hydrogen) atoms. The van der Waals surface area contributed by atoms with Crippen molar-refractivity contribution >= 4 is 29.2 Å². The van der Waals surface area contributed by atoms with Gasteiger partial charge in [-0.2, -0.15) is 11.8 Å². The monoisotopic (exact) mass is 338 g/mol. The Morgan fingerprint density at radius 1 is 1.22 bits per heavy atom. The summed E-state index contributed by atoms with van der Waals surface area (Å²) in [6.45, 7) is 5.54. The van der Waals surface area contributed by atoms with E-state index in [9.17, 15) is 4.79 Å². The summed E-state index contributed by atoms with van der Waals surface area (Å²) in [5, 5.41) is 6.35. The largest absolute Gasteiger partial charge is 0.497 e. The van der Waals surface area contributed by atoms with Crippen molar-refractivity contribution in [3.8, 4) is 5.75 Å². The van der Waals surface area contributed by atoms with Gasteiger partial charge in [0.25, 0.3) is 0 Å². The van der Waals surface area contributed by atoms with Crippen molar-refractivity contribution in [2.45, 2.75) is 45.3 Å². The second-order valence-corrected chi connectivity index (χ2v) is 7.79. The lowest BCUT2D eigenvalue weighted by molar-refractivity contribution is 0.0636. The molecule has 1 aliphatic heterocycles. The highest BCUT2D eigenvalue weighted by Gasteiger charge is 2.19. The molecule has 1 heterocycles. The molecule has 0 saturated carbocycles. The number of hydrogen-bond acceptors (Lipinski definition) is 5. The molecule has 1 aromatic carbocycles. The third-order valence-corrected chi connectivity index (χ3v) is 4.49. The van der Waals surface area contributed by atoms with Crippen LogP contribution in [0.1, 0.15) is 33.6 Å². The lowest BCUT2D eigenvalue weighted by Crippen LogP contribution is -2.28. The van der Waals surface area contributed by atoms with Gasteiger partial charge in [-0.25, -0.2) is 4.79 Å². The summed E-state index contributed by atoms with van der Waals surface area (Å²) in [6, 6.07) is 5.99. The maximum absolute atomic E-state index is 12.0. The molecule has 1 amide bonds. The summed E-state index contributed by atoms with van der Waals surface area (Å²) >= 11 is 1.98. The molecule has 0 atom stereocenters. The van der Waals surface area contributed by atoms with Crippen LogP contribution in [0.2, 0.25) is 0 Å². The Bertz CT molecular complexity index is 537. The molecule has 6 heteroatoms. The van der Waals surface area contributed by atoms with E-state index in [-0.39, 0.29) is 0 Å². The lowest BCUT2D eigenvalue weighted by atomic mass is 10.1. The number of methoxy groups -OCH3 is 1. The number of hydrogen-bond donors (Lipinski definition) is 2. The Morgan fingerprint density at radius 2 is 1.91 bits per heavy atom. The molecule has 0 spiro atoms. The Hall–Kier alpha value is -1.56. The van der Waals surface area contributed by atoms with Gasteiger partial charge in [0, 0.05) is 12.1 Å². The van der Waals surface area contributed by atoms with Gasteiger partial charge in [-0.15, -0.1) is 0 Å². The lowest BCUT2D eigenvalue weighted by Gasteiger charge is -2.26. The van der Waals surface area contributed by atoms with E-state index in [1.807, 2.05) is 50.7 Å². The van der Waals surface area contributed by atoms with Crippen LogP contribution >= 0.6 is 11.8 Å². The average molecular weight is 338 g/mol. The van der Waals surface area contributed by atoms with E-state index in [0.29, 0.717) is 11.7 Å². The van der Waals surface area contributed by atoms with E-state index >= 15 is 0 Å². The Balaban J connectivity index is 2.12. The van der Waals surface area contributed by atoms with Crippen molar-refractivity contribution in [1.82, 2.24) is 0 Å². The van der Waals surface area contributed by atoms with E-state index in [4.69, 9.17) is 9.47 Å². The fourth-order valence-corrected chi connectivity index (χ4v) is 3.46. The first-order valence-electron chi connectivity index (χ1n) is 7.90. The number of benzene rings is 1. The summed E-state index contributed by atoms with van der Waals surface area (Å²) in [5.41, 5.74) is 1.05. The minimum atomic E-state index is -0.523. The van der Waals surface area contributed by atoms with Gasteiger partial charge >= 0.3 is 6.09 Å². The highest BCUT2D eigenvalue weighted by molar-refractivity contribution is 7.99. The second kappa shape index (κ2) is 7.81. The number of thioether (sulfide) groups is 1. The van der Waals surface area contributed by atoms with Crippen LogP contribution in [0.15, 0.2) is 18.2 Å². The van der Waals surface area contributed by atoms with E-state index in [2.05, 4.69) is 10.6 Å². The van der Waals surface area contributed by atoms with Crippen LogP contribution in [-0.2, 0) is 4.74 Å². The normalized spacial score (nSPS) is 15.8. The van der Waals surface area contributed by atoms with Gasteiger partial charge in [0.05, 0.1) is 18.5 Å². The van der Waals surface area contributed by atoms with Gasteiger partial charge in [0.2, 0.25) is 0 Å². The smallest absolute Gasteiger partial charge is 0.412 e. The quantitative estimate of drug-likeness (QED) is 0.855. The molecule has 1 aliphatic rings. The molecular formula is C17H26N2O3S. The van der Waals surface area contributed by atoms with Gasteiger partial charge in [-0.05, 0) is 57.3 Å². The number of anilines is 2. The van der Waals surface area contributed by atoms with Crippen LogP contribution in [0.25, 0.3) is 0 Å². The zero-order valence-electron chi connectivity index (χ0n) is 14.3. The number of carbonyl (C=O) groups excluding carboxylic acids is 1. The molecule has 2 rings (SSSR count). The van der Waals surface area contributed by atoms with E-state index < -0.39 is 11.7 Å². The van der Waals surface area contributed by atoms with Gasteiger partial charge in [0.15, 0.2) is 0 Å². The van der Waals surface area contributed by atoms with Crippen LogP contribution in [0.4, 0.5) is 16.2 Å². The SMILES string of the molecule is COc1ccc(NC(=O)OC(C)(C)C)c(NC2CCSCC2)c1. The van der Waals surface area contributed by atoms with Crippen molar-refractivity contribution in [2.24, 2.45) is 0 Å². The average Bonchev–Trinajstić information content (AvgIpc) is 2.48. The highest BCUT2D eigenvalue weighted by Crippen LogP contribution is 2.30. The molecular weight excluding hydrogens is 312 g/mol. The van der Waals surface area contributed by atoms with Gasteiger partial charge in [-0.3, -0.25) is 5.32 Å². The van der Waals surface area contributed by atoms with Crippen molar-refractivity contribution in [1.29, 1.82) is 0 Å². The first-order valence-corrected chi connectivity index (χ1v) is 9.05. The second-order valence-electron chi connectivity index (χ2n) is 6.57. The van der Waals surface area contributed by atoms with Crippen LogP contribution in [0, 0.1) is 0 Å². The molecule has 0 aliphatic carbocycles. The maximum Gasteiger partial charge on any atom is 0.412 e. The van der Waals surface area contributed by atoms with Crippen molar-refractivity contribution in [3.63, 3.8) is 0 Å². The predicted molar refractivity (Wildman–Crippen MR) is 96.8 cm³/mol. The molecule has 0 unspecified atom stereocenters. The number of nitrogens with one attached hydrogen (secondary N) is 2. The molecule has 0 aromatic heterocycles. The molecule has 5 nitrogen and oxygen atoms in total. The third-order valence-electron chi connectivity index (χ3n) is 3.44. The Morgan fingerprint density at radius 3 is 2.52 bits per heavy atom. The molecule has 1 saturated heterocycles. The standard InChI is InChI=1S/C17H26N2O3S/c1-17(2,3)22-16(20)19-14-6-5-13(21-4)11-15(14)18-12-7-9-23-10-8-12/h5-6,11-12,18H,7-10H2,1-4H3,(H,19,20). The van der Waals surface area contributed by atoms with Crippen LogP contribution < -0.4 is 15.4 Å². The zero-order chi connectivity index (χ0) is 16.9. The van der Waals surface area contributed by atoms with Gasteiger partial charge in [-0.1, -0.05) is 0 Å². The summed E-state index contributed by atoms with van der Waals surface area (Å²) in [6.07, 6.45) is 1.78. The van der Waals surface area contributed by atoms with E-state index in [0.717, 1.165) is 35.8 Å². The predicted octanol–water partition coefficient (Wildman–Crippen LogP) is 4.35.